The lowest BCUT2D eigenvalue weighted by atomic mass is 9.65. The zero-order valence-corrected chi connectivity index (χ0v) is 59.3. The molecule has 4 heterocycles. The number of aliphatic hydroxyl groups excluding tert-OH is 6. The van der Waals surface area contributed by atoms with Crippen LogP contribution >= 0.6 is 23.2 Å². The van der Waals surface area contributed by atoms with Crippen LogP contribution in [0.15, 0.2) is 42.6 Å². The number of carboxylic acid groups (broad SMARTS) is 6. The quantitative estimate of drug-likeness (QED) is 0.0912. The summed E-state index contributed by atoms with van der Waals surface area (Å²) in [6, 6.07) is 7.13. The smallest absolute Gasteiger partial charge is 0.487 e. The molecular formula is C58H77Cl2F18N9O25. The van der Waals surface area contributed by atoms with Gasteiger partial charge in [0.2, 0.25) is 0 Å². The monoisotopic (exact) mass is 1710 g/mol. The second-order valence-electron chi connectivity index (χ2n) is 25.2. The first kappa shape index (κ1) is 103. The van der Waals surface area contributed by atoms with Gasteiger partial charge in [0.15, 0.2) is 18.9 Å². The predicted molar refractivity (Wildman–Crippen MR) is 336 cm³/mol. The summed E-state index contributed by atoms with van der Waals surface area (Å²) >= 11 is 12.9. The number of nitrogens with two attached hydrogens (primary N) is 6. The van der Waals surface area contributed by atoms with Crippen molar-refractivity contribution in [2.24, 2.45) is 39.8 Å². The summed E-state index contributed by atoms with van der Waals surface area (Å²) in [6.45, 7) is 10.5. The molecule has 3 aromatic rings. The first-order valence-corrected chi connectivity index (χ1v) is 31.7. The third-order valence-corrected chi connectivity index (χ3v) is 16.6. The molecule has 0 amide bonds. The van der Waals surface area contributed by atoms with Crippen LogP contribution in [0.2, 0.25) is 10.0 Å². The number of nitrogens with zero attached hydrogens (tertiary/aromatic N) is 3. The van der Waals surface area contributed by atoms with E-state index in [4.69, 9.17) is 150 Å². The zero-order chi connectivity index (χ0) is 87.6. The lowest BCUT2D eigenvalue weighted by Gasteiger charge is -2.47. The minimum absolute atomic E-state index is 0.00643. The van der Waals surface area contributed by atoms with Crippen molar-refractivity contribution in [3.05, 3.63) is 75.0 Å². The fourth-order valence-electron chi connectivity index (χ4n) is 9.12. The number of hydrogen-bond acceptors (Lipinski definition) is 27. The number of benzene rings is 2. The van der Waals surface area contributed by atoms with Crippen molar-refractivity contribution in [1.29, 1.82) is 0 Å². The molecule has 19 atom stereocenters. The molecule has 0 bridgehead atoms. The highest BCUT2D eigenvalue weighted by Gasteiger charge is 2.55. The normalized spacial score (nSPS) is 27.6. The summed E-state index contributed by atoms with van der Waals surface area (Å²) in [5.74, 6) is -15.9. The van der Waals surface area contributed by atoms with Gasteiger partial charge in [-0.3, -0.25) is 0 Å². The molecule has 54 heteroatoms. The van der Waals surface area contributed by atoms with Gasteiger partial charge in [-0.25, -0.2) is 33.4 Å². The van der Waals surface area contributed by atoms with Gasteiger partial charge < -0.3 is 129 Å². The van der Waals surface area contributed by atoms with Crippen molar-refractivity contribution in [2.75, 3.05) is 13.1 Å². The van der Waals surface area contributed by atoms with Crippen molar-refractivity contribution in [1.82, 2.24) is 15.0 Å². The Morgan fingerprint density at radius 1 is 0.491 bits per heavy atom. The SMILES string of the molecule is CC(C)(C)C(C)(C)c1ccc(OCc2cn(C[C@H]3O[C@@H](O[C@@H]4[C@@H](O)[C@H](N)C[C@H](N)[C@@H]4O[C@H]4O[C@H](CN)[C@@H](O)[C@H](O)[C@H]4N)[C@H](O)[C@@H]3O[C@@H]3O[C@@H](CN)[C@H](O)[C@@H](O)[C@@H]3N)nn2)c(Cc2ccc(Cl)cc2Cl)c1.O=C(O)C(F)(F)F.O=C(O)C(F)(F)F.O=C(O)C(F)(F)F.O=C(O)C(F)(F)F.O=C(O)C(F)(F)F.O=C(O)C(F)(F)F. The fraction of sp³-hybridized carbons (Fsp3) is 0.655. The van der Waals surface area contributed by atoms with Crippen LogP contribution in [0.4, 0.5) is 79.0 Å². The molecule has 3 saturated heterocycles. The Morgan fingerprint density at radius 2 is 0.866 bits per heavy atom. The second kappa shape index (κ2) is 41.9. The molecule has 3 aliphatic heterocycles. The topological polar surface area (TPSA) is 597 Å². The van der Waals surface area contributed by atoms with Crippen molar-refractivity contribution in [2.45, 2.75) is 219 Å². The summed E-state index contributed by atoms with van der Waals surface area (Å²) in [6.07, 6.45) is -48.8. The fourth-order valence-corrected chi connectivity index (χ4v) is 9.60. The molecule has 1 aromatic heterocycles. The Bertz CT molecular complexity index is 3340. The van der Waals surface area contributed by atoms with Gasteiger partial charge in [-0.15, -0.1) is 5.10 Å². The number of aromatic nitrogens is 3. The van der Waals surface area contributed by atoms with E-state index in [0.717, 1.165) is 16.7 Å². The van der Waals surface area contributed by atoms with Crippen LogP contribution in [-0.4, -0.2) is 279 Å². The van der Waals surface area contributed by atoms with Gasteiger partial charge in [0.25, 0.3) is 0 Å². The van der Waals surface area contributed by atoms with Gasteiger partial charge in [0, 0.05) is 41.6 Å². The number of carboxylic acids is 6. The van der Waals surface area contributed by atoms with Crippen LogP contribution in [0.25, 0.3) is 0 Å². The van der Waals surface area contributed by atoms with E-state index in [0.29, 0.717) is 27.9 Å². The van der Waals surface area contributed by atoms with Gasteiger partial charge >= 0.3 is 72.9 Å². The second-order valence-corrected chi connectivity index (χ2v) is 26.1. The molecule has 0 radical (unpaired) electrons. The van der Waals surface area contributed by atoms with E-state index in [2.05, 4.69) is 57.1 Å². The number of rotatable bonds is 16. The van der Waals surface area contributed by atoms with E-state index in [9.17, 15) is 110 Å². The van der Waals surface area contributed by atoms with Gasteiger partial charge in [-0.1, -0.05) is 81.2 Å². The van der Waals surface area contributed by atoms with E-state index in [1.165, 1.54) is 4.68 Å². The third kappa shape index (κ3) is 31.5. The summed E-state index contributed by atoms with van der Waals surface area (Å²) in [5, 5.41) is 118. The molecule has 4 aliphatic rings. The van der Waals surface area contributed by atoms with Gasteiger partial charge in [-0.05, 0) is 52.1 Å². The van der Waals surface area contributed by atoms with Gasteiger partial charge in [-0.2, -0.15) is 79.0 Å². The number of carbonyl (C=O) groups is 6. The third-order valence-electron chi connectivity index (χ3n) is 16.0. The molecule has 34 nitrogen and oxygen atoms in total. The van der Waals surface area contributed by atoms with Crippen LogP contribution < -0.4 is 39.1 Å². The van der Waals surface area contributed by atoms with Crippen LogP contribution in [0.3, 0.4) is 0 Å². The van der Waals surface area contributed by atoms with Gasteiger partial charge in [0.05, 0.1) is 30.9 Å². The minimum Gasteiger partial charge on any atom is -0.487 e. The number of aliphatic hydroxyl groups is 6. The molecule has 644 valence electrons. The van der Waals surface area contributed by atoms with Crippen molar-refractivity contribution >= 4 is 59.0 Å². The lowest BCUT2D eigenvalue weighted by molar-refractivity contribution is -0.306. The highest BCUT2D eigenvalue weighted by molar-refractivity contribution is 6.35. The van der Waals surface area contributed by atoms with E-state index >= 15 is 0 Å². The zero-order valence-electron chi connectivity index (χ0n) is 57.8. The Morgan fingerprint density at radius 3 is 1.23 bits per heavy atom. The number of halogens is 20. The first-order valence-electron chi connectivity index (χ1n) is 30.9. The van der Waals surface area contributed by atoms with E-state index in [1.54, 1.807) is 18.3 Å². The van der Waals surface area contributed by atoms with Crippen molar-refractivity contribution in [3.8, 4) is 5.75 Å². The molecule has 7 rings (SSSR count). The lowest BCUT2D eigenvalue weighted by Crippen LogP contribution is -2.68. The van der Waals surface area contributed by atoms with Crippen molar-refractivity contribution in [3.63, 3.8) is 0 Å². The molecule has 112 heavy (non-hydrogen) atoms. The predicted octanol–water partition coefficient (Wildman–Crippen LogP) is 2.00. The maximum absolute atomic E-state index is 12.0. The summed E-state index contributed by atoms with van der Waals surface area (Å²) in [4.78, 5) is 53.4. The van der Waals surface area contributed by atoms with Crippen molar-refractivity contribution < 1.29 is 202 Å². The number of aliphatic carboxylic acids is 6. The average Bonchev–Trinajstić information content (AvgIpc) is 1.62. The summed E-state index contributed by atoms with van der Waals surface area (Å²) < 4.78 is 235. The Kier molecular flexibility index (Phi) is 38.5. The highest BCUT2D eigenvalue weighted by atomic mass is 35.5. The average molecular weight is 1710 g/mol. The largest absolute Gasteiger partial charge is 0.490 e. The highest BCUT2D eigenvalue weighted by Crippen LogP contribution is 2.43. The summed E-state index contributed by atoms with van der Waals surface area (Å²) in [5.41, 5.74) is 40.0. The Balaban J connectivity index is 0.00000121. The molecule has 0 spiro atoms. The Hall–Kier alpha value is -7.20. The maximum Gasteiger partial charge on any atom is 0.490 e. The standard InChI is InChI=1S/C46H71Cl2N9O13.6C2HF3O2/c1-45(2,3)46(4,5)21-7-9-27(20(11-21)10-19-6-8-22(47)12-24(19)48)64-18-23-16-57(56-55-23)17-30-40(69-43-32(54)37(62)35(60)29(15-50)66-43)38(63)44(67-30)70-41-33(58)25(51)13-26(52)39(41)68-42-31(53)36(61)34(59)28(14-49)65-42;6*3-2(4,5)1(6)7/h6-9,11-12,16,25-26,28-44,58-63H,10,13-15,17-18,49-54H2,1-5H3;6*(H,6,7)/t25-,26+,28-,29+,30-,31-,32+,33+,34-,35+,36-,37+,38-,39+,40-,41-,42-,43+,44+;;;;;;/m1....../s1. The summed E-state index contributed by atoms with van der Waals surface area (Å²) in [7, 11) is 0. The molecule has 24 N–H and O–H groups in total. The molecule has 1 aliphatic carbocycles. The first-order chi connectivity index (χ1) is 50.6. The molecule has 4 fully saturated rings. The maximum atomic E-state index is 12.0. The Labute approximate surface area is 627 Å². The number of hydrogen-bond donors (Lipinski definition) is 18. The number of alkyl halides is 18. The van der Waals surface area contributed by atoms with E-state index in [-0.39, 0.29) is 43.5 Å². The minimum atomic E-state index is -5.08. The number of ether oxygens (including phenoxy) is 7. The van der Waals surface area contributed by atoms with Gasteiger partial charge in [0.1, 0.15) is 85.2 Å². The molecule has 2 aromatic carbocycles. The molecule has 1 saturated carbocycles. The van der Waals surface area contributed by atoms with E-state index < -0.39 is 189 Å². The van der Waals surface area contributed by atoms with Crippen LogP contribution in [0, 0.1) is 5.41 Å². The molecular weight excluding hydrogens is 1640 g/mol. The van der Waals surface area contributed by atoms with Crippen LogP contribution in [0.5, 0.6) is 5.75 Å². The molecule has 0 unspecified atom stereocenters. The van der Waals surface area contributed by atoms with Crippen LogP contribution in [0.1, 0.15) is 63.4 Å². The van der Waals surface area contributed by atoms with E-state index in [1.807, 2.05) is 12.1 Å². The van der Waals surface area contributed by atoms with Crippen LogP contribution in [-0.2, 0) is 82.2 Å².